The molecular weight excluding hydrogens is 308 g/mol. The van der Waals surface area contributed by atoms with Gasteiger partial charge in [0.25, 0.3) is 0 Å². The Balaban J connectivity index is 1.91. The number of ether oxygens (including phenoxy) is 2. The fraction of sp³-hybridized carbons (Fsp3) is 0.529. The lowest BCUT2D eigenvalue weighted by atomic mass is 9.93. The number of para-hydroxylation sites is 2. The number of primary amides is 1. The van der Waals surface area contributed by atoms with E-state index in [9.17, 15) is 4.79 Å². The fourth-order valence-electron chi connectivity index (χ4n) is 2.07. The Bertz CT molecular complexity index is 601. The van der Waals surface area contributed by atoms with Crippen LogP contribution in [0.4, 0.5) is 0 Å². The van der Waals surface area contributed by atoms with Gasteiger partial charge in [0.05, 0.1) is 18.5 Å². The van der Waals surface area contributed by atoms with E-state index in [4.69, 9.17) is 15.2 Å². The van der Waals surface area contributed by atoms with Crippen molar-refractivity contribution in [2.75, 3.05) is 26.2 Å². The highest BCUT2D eigenvalue weighted by molar-refractivity contribution is 5.82. The smallest absolute Gasteiger partial charge is 0.224 e. The average molecular weight is 334 g/mol. The number of carbonyl (C=O) groups excluding carboxylic acids is 1. The van der Waals surface area contributed by atoms with Gasteiger partial charge >= 0.3 is 0 Å². The van der Waals surface area contributed by atoms with Crippen LogP contribution in [0.2, 0.25) is 0 Å². The Morgan fingerprint density at radius 1 is 1.33 bits per heavy atom. The van der Waals surface area contributed by atoms with Gasteiger partial charge in [-0.2, -0.15) is 0 Å². The van der Waals surface area contributed by atoms with Gasteiger partial charge in [0, 0.05) is 6.54 Å². The van der Waals surface area contributed by atoms with E-state index in [1.165, 1.54) is 0 Å². The second kappa shape index (κ2) is 7.90. The molecule has 7 nitrogen and oxygen atoms in total. The number of nitrogens with two attached hydrogens (primary N) is 1. The molecule has 0 aliphatic carbocycles. The largest absolute Gasteiger partial charge is 0.486 e. The van der Waals surface area contributed by atoms with Gasteiger partial charge in [-0.25, -0.2) is 0 Å². The SMILES string of the molecule is CCNC(=NCC(C)(C)C(N)=O)NCC1COc2ccccc2O1. The number of amides is 1. The lowest BCUT2D eigenvalue weighted by Crippen LogP contribution is -2.46. The number of hydrogen-bond acceptors (Lipinski definition) is 4. The molecule has 0 radical (unpaired) electrons. The van der Waals surface area contributed by atoms with Crippen LogP contribution in [0.25, 0.3) is 0 Å². The molecule has 1 atom stereocenters. The molecule has 4 N–H and O–H groups in total. The first-order valence-electron chi connectivity index (χ1n) is 8.13. The molecule has 1 unspecified atom stereocenters. The zero-order chi connectivity index (χ0) is 17.6. The number of hydrogen-bond donors (Lipinski definition) is 3. The molecule has 1 aromatic carbocycles. The lowest BCUT2D eigenvalue weighted by Gasteiger charge is -2.27. The third-order valence-corrected chi connectivity index (χ3v) is 3.71. The van der Waals surface area contributed by atoms with Gasteiger partial charge in [0.15, 0.2) is 17.5 Å². The Hall–Kier alpha value is -2.44. The molecule has 1 aliphatic rings. The van der Waals surface area contributed by atoms with Crippen LogP contribution in [-0.2, 0) is 4.79 Å². The first kappa shape index (κ1) is 17.9. The monoisotopic (exact) mass is 334 g/mol. The number of aliphatic imine (C=N–C) groups is 1. The minimum Gasteiger partial charge on any atom is -0.486 e. The molecule has 2 rings (SSSR count). The van der Waals surface area contributed by atoms with Gasteiger partial charge in [-0.3, -0.25) is 9.79 Å². The summed E-state index contributed by atoms with van der Waals surface area (Å²) in [6.45, 7) is 7.56. The summed E-state index contributed by atoms with van der Waals surface area (Å²) in [6.07, 6.45) is -0.118. The second-order valence-corrected chi connectivity index (χ2v) is 6.32. The van der Waals surface area contributed by atoms with Crippen LogP contribution in [0.5, 0.6) is 11.5 Å². The summed E-state index contributed by atoms with van der Waals surface area (Å²) in [5.74, 6) is 1.75. The first-order chi connectivity index (χ1) is 11.4. The molecular formula is C17H26N4O3. The maximum atomic E-state index is 11.4. The molecule has 24 heavy (non-hydrogen) atoms. The highest BCUT2D eigenvalue weighted by Crippen LogP contribution is 2.30. The van der Waals surface area contributed by atoms with Crippen molar-refractivity contribution >= 4 is 11.9 Å². The number of guanidine groups is 1. The fourth-order valence-corrected chi connectivity index (χ4v) is 2.07. The van der Waals surface area contributed by atoms with Crippen molar-refractivity contribution in [1.82, 2.24) is 10.6 Å². The van der Waals surface area contributed by atoms with Crippen LogP contribution in [0, 0.1) is 5.41 Å². The predicted molar refractivity (Wildman–Crippen MR) is 93.3 cm³/mol. The van der Waals surface area contributed by atoms with E-state index >= 15 is 0 Å². The summed E-state index contributed by atoms with van der Waals surface area (Å²) in [6, 6.07) is 7.60. The van der Waals surface area contributed by atoms with Crippen LogP contribution in [-0.4, -0.2) is 44.2 Å². The van der Waals surface area contributed by atoms with E-state index in [-0.39, 0.29) is 12.0 Å². The van der Waals surface area contributed by atoms with Gasteiger partial charge < -0.3 is 25.8 Å². The van der Waals surface area contributed by atoms with Crippen molar-refractivity contribution in [1.29, 1.82) is 0 Å². The first-order valence-corrected chi connectivity index (χ1v) is 8.13. The third kappa shape index (κ3) is 4.78. The van der Waals surface area contributed by atoms with Gasteiger partial charge in [0.2, 0.25) is 5.91 Å². The summed E-state index contributed by atoms with van der Waals surface area (Å²) in [5, 5.41) is 6.36. The maximum Gasteiger partial charge on any atom is 0.224 e. The Labute approximate surface area is 142 Å². The van der Waals surface area contributed by atoms with Crippen molar-refractivity contribution in [3.8, 4) is 11.5 Å². The quantitative estimate of drug-likeness (QED) is 0.530. The van der Waals surface area contributed by atoms with Gasteiger partial charge in [-0.15, -0.1) is 0 Å². The van der Waals surface area contributed by atoms with E-state index < -0.39 is 5.41 Å². The molecule has 0 saturated heterocycles. The number of nitrogens with zero attached hydrogens (tertiary/aromatic N) is 1. The minimum absolute atomic E-state index is 0.118. The molecule has 0 saturated carbocycles. The van der Waals surface area contributed by atoms with E-state index in [0.717, 1.165) is 11.5 Å². The van der Waals surface area contributed by atoms with Crippen molar-refractivity contribution in [2.45, 2.75) is 26.9 Å². The summed E-state index contributed by atoms with van der Waals surface area (Å²) in [5.41, 5.74) is 4.69. The van der Waals surface area contributed by atoms with Crippen LogP contribution in [0.1, 0.15) is 20.8 Å². The summed E-state index contributed by atoms with van der Waals surface area (Å²) >= 11 is 0. The molecule has 7 heteroatoms. The van der Waals surface area contributed by atoms with Gasteiger partial charge in [0.1, 0.15) is 12.7 Å². The normalized spacial score (nSPS) is 17.3. The van der Waals surface area contributed by atoms with Crippen molar-refractivity contribution in [2.24, 2.45) is 16.1 Å². The molecule has 132 valence electrons. The Morgan fingerprint density at radius 3 is 2.71 bits per heavy atom. The molecule has 0 aromatic heterocycles. The van der Waals surface area contributed by atoms with Crippen molar-refractivity contribution < 1.29 is 14.3 Å². The van der Waals surface area contributed by atoms with Crippen LogP contribution < -0.4 is 25.8 Å². The summed E-state index contributed by atoms with van der Waals surface area (Å²) in [4.78, 5) is 15.8. The van der Waals surface area contributed by atoms with Crippen LogP contribution in [0.15, 0.2) is 29.3 Å². The minimum atomic E-state index is -0.689. The molecule has 1 heterocycles. The zero-order valence-corrected chi connectivity index (χ0v) is 14.5. The molecule has 0 fully saturated rings. The van der Waals surface area contributed by atoms with E-state index in [1.807, 2.05) is 31.2 Å². The van der Waals surface area contributed by atoms with Gasteiger partial charge in [-0.1, -0.05) is 12.1 Å². The molecule has 1 aromatic rings. The average Bonchev–Trinajstić information content (AvgIpc) is 2.57. The van der Waals surface area contributed by atoms with E-state index in [2.05, 4.69) is 15.6 Å². The van der Waals surface area contributed by atoms with Crippen LogP contribution >= 0.6 is 0 Å². The standard InChI is InChI=1S/C17H26N4O3/c1-4-19-16(21-11-17(2,3)15(18)22)20-9-12-10-23-13-7-5-6-8-14(13)24-12/h5-8,12H,4,9-11H2,1-3H3,(H2,18,22)(H2,19,20,21). The molecule has 0 spiro atoms. The number of carbonyl (C=O) groups is 1. The van der Waals surface area contributed by atoms with E-state index in [1.54, 1.807) is 13.8 Å². The summed E-state index contributed by atoms with van der Waals surface area (Å²) < 4.78 is 11.6. The highest BCUT2D eigenvalue weighted by Gasteiger charge is 2.25. The number of nitrogens with one attached hydrogen (secondary N) is 2. The number of fused-ring (bicyclic) bond motifs is 1. The molecule has 1 amide bonds. The Morgan fingerprint density at radius 2 is 2.04 bits per heavy atom. The maximum absolute atomic E-state index is 11.4. The Kier molecular flexibility index (Phi) is 5.89. The lowest BCUT2D eigenvalue weighted by molar-refractivity contribution is -0.125. The number of benzene rings is 1. The van der Waals surface area contributed by atoms with Gasteiger partial charge in [-0.05, 0) is 32.9 Å². The third-order valence-electron chi connectivity index (χ3n) is 3.71. The molecule has 0 bridgehead atoms. The second-order valence-electron chi connectivity index (χ2n) is 6.32. The molecule has 1 aliphatic heterocycles. The number of rotatable bonds is 6. The van der Waals surface area contributed by atoms with Crippen molar-refractivity contribution in [3.63, 3.8) is 0 Å². The van der Waals surface area contributed by atoms with Crippen molar-refractivity contribution in [3.05, 3.63) is 24.3 Å². The van der Waals surface area contributed by atoms with E-state index in [0.29, 0.717) is 32.2 Å². The topological polar surface area (TPSA) is 98.0 Å². The predicted octanol–water partition coefficient (Wildman–Crippen LogP) is 0.893. The zero-order valence-electron chi connectivity index (χ0n) is 14.5. The summed E-state index contributed by atoms with van der Waals surface area (Å²) in [7, 11) is 0. The highest BCUT2D eigenvalue weighted by atomic mass is 16.6. The van der Waals surface area contributed by atoms with Crippen LogP contribution in [0.3, 0.4) is 0 Å².